The van der Waals surface area contributed by atoms with Crippen LogP contribution >= 0.6 is 0 Å². The number of phenols is 1. The van der Waals surface area contributed by atoms with E-state index in [1.807, 2.05) is 0 Å². The molecule has 0 radical (unpaired) electrons. The summed E-state index contributed by atoms with van der Waals surface area (Å²) in [5.41, 5.74) is 1.19. The van der Waals surface area contributed by atoms with E-state index >= 15 is 0 Å². The summed E-state index contributed by atoms with van der Waals surface area (Å²) < 4.78 is 4.93. The molecule has 4 N–H and O–H groups in total. The van der Waals surface area contributed by atoms with Crippen molar-refractivity contribution in [1.82, 2.24) is 5.48 Å². The number of nitrogens with one attached hydrogen (secondary N) is 1. The van der Waals surface area contributed by atoms with Gasteiger partial charge in [0.1, 0.15) is 0 Å². The van der Waals surface area contributed by atoms with Crippen molar-refractivity contribution in [3.05, 3.63) is 35.9 Å². The van der Waals surface area contributed by atoms with E-state index in [9.17, 15) is 15.0 Å². The van der Waals surface area contributed by atoms with Crippen LogP contribution in [-0.2, 0) is 4.79 Å². The summed E-state index contributed by atoms with van der Waals surface area (Å²) in [6.45, 7) is 3.44. The number of hydrogen-bond donors (Lipinski definition) is 4. The number of phenolic OH excluding ortho intramolecular Hbond substituents is 1. The number of rotatable bonds is 5. The maximum Gasteiger partial charge on any atom is 0.267 e. The molecule has 0 bridgehead atoms. The summed E-state index contributed by atoms with van der Waals surface area (Å²) in [5, 5.41) is 28.5. The van der Waals surface area contributed by atoms with Gasteiger partial charge in [0.15, 0.2) is 11.5 Å². The van der Waals surface area contributed by atoms with Crippen LogP contribution in [0.15, 0.2) is 30.4 Å². The lowest BCUT2D eigenvalue weighted by Gasteiger charge is -2.27. The van der Waals surface area contributed by atoms with Gasteiger partial charge in [-0.15, -0.1) is 0 Å². The zero-order valence-corrected chi connectivity index (χ0v) is 11.6. The van der Waals surface area contributed by atoms with Crippen molar-refractivity contribution in [2.45, 2.75) is 20.0 Å². The minimum Gasteiger partial charge on any atom is -0.504 e. The fraction of sp³-hybridized carbons (Fsp3) is 0.357. The number of aromatic hydroxyl groups is 1. The van der Waals surface area contributed by atoms with Crippen LogP contribution in [0.3, 0.4) is 0 Å². The SMILES string of the molecule is COc1ccc([C@@H](O)C(C)(C)/C=C/C(=O)NO)cc1O. The van der Waals surface area contributed by atoms with Gasteiger partial charge in [-0.3, -0.25) is 10.0 Å². The second kappa shape index (κ2) is 6.40. The average Bonchev–Trinajstić information content (AvgIpc) is 2.43. The van der Waals surface area contributed by atoms with E-state index in [0.29, 0.717) is 11.3 Å². The summed E-state index contributed by atoms with van der Waals surface area (Å²) in [6.07, 6.45) is 1.67. The second-order valence-corrected chi connectivity index (χ2v) is 4.96. The van der Waals surface area contributed by atoms with Crippen LogP contribution in [0, 0.1) is 5.41 Å². The lowest BCUT2D eigenvalue weighted by molar-refractivity contribution is -0.124. The van der Waals surface area contributed by atoms with Crippen LogP contribution in [0.1, 0.15) is 25.5 Å². The fourth-order valence-corrected chi connectivity index (χ4v) is 1.73. The number of hydroxylamine groups is 1. The van der Waals surface area contributed by atoms with Crippen LogP contribution in [0.4, 0.5) is 0 Å². The first-order valence-electron chi connectivity index (χ1n) is 6.00. The van der Waals surface area contributed by atoms with Crippen LogP contribution in [0.2, 0.25) is 0 Å². The maximum absolute atomic E-state index is 11.0. The van der Waals surface area contributed by atoms with E-state index in [1.165, 1.54) is 24.7 Å². The first-order chi connectivity index (χ1) is 9.31. The molecule has 0 spiro atoms. The molecule has 20 heavy (non-hydrogen) atoms. The van der Waals surface area contributed by atoms with Crippen LogP contribution in [-0.4, -0.2) is 28.4 Å². The lowest BCUT2D eigenvalue weighted by atomic mass is 9.82. The van der Waals surface area contributed by atoms with Gasteiger partial charge in [0.25, 0.3) is 5.91 Å². The fourth-order valence-electron chi connectivity index (χ4n) is 1.73. The number of carbonyl (C=O) groups excluding carboxylic acids is 1. The number of aliphatic hydroxyl groups excluding tert-OH is 1. The van der Waals surface area contributed by atoms with Gasteiger partial charge in [-0.1, -0.05) is 26.0 Å². The summed E-state index contributed by atoms with van der Waals surface area (Å²) in [5.74, 6) is -0.436. The van der Waals surface area contributed by atoms with Crippen molar-refractivity contribution < 1.29 is 25.0 Å². The van der Waals surface area contributed by atoms with Crippen LogP contribution in [0.25, 0.3) is 0 Å². The number of hydrogen-bond acceptors (Lipinski definition) is 5. The van der Waals surface area contributed by atoms with Gasteiger partial charge >= 0.3 is 0 Å². The topological polar surface area (TPSA) is 99.0 Å². The molecule has 1 aromatic rings. The van der Waals surface area contributed by atoms with E-state index in [0.717, 1.165) is 6.08 Å². The summed E-state index contributed by atoms with van der Waals surface area (Å²) in [4.78, 5) is 11.0. The molecule has 1 amide bonds. The second-order valence-electron chi connectivity index (χ2n) is 4.96. The normalized spacial score (nSPS) is 13.2. The Kier molecular flexibility index (Phi) is 5.12. The van der Waals surface area contributed by atoms with E-state index in [1.54, 1.807) is 26.0 Å². The van der Waals surface area contributed by atoms with Crippen molar-refractivity contribution in [3.8, 4) is 11.5 Å². The lowest BCUT2D eigenvalue weighted by Crippen LogP contribution is -2.22. The number of benzene rings is 1. The molecule has 0 saturated carbocycles. The highest BCUT2D eigenvalue weighted by molar-refractivity contribution is 5.86. The quantitative estimate of drug-likeness (QED) is 0.372. The summed E-state index contributed by atoms with van der Waals surface area (Å²) in [7, 11) is 1.44. The molecular weight excluding hydrogens is 262 g/mol. The molecule has 0 saturated heterocycles. The number of amides is 1. The average molecular weight is 281 g/mol. The maximum atomic E-state index is 11.0. The molecule has 0 aliphatic carbocycles. The third kappa shape index (κ3) is 3.72. The Morgan fingerprint density at radius 1 is 1.45 bits per heavy atom. The van der Waals surface area contributed by atoms with Crippen molar-refractivity contribution in [2.24, 2.45) is 5.41 Å². The van der Waals surface area contributed by atoms with Gasteiger partial charge in [0.2, 0.25) is 0 Å². The Balaban J connectivity index is 2.98. The zero-order valence-electron chi connectivity index (χ0n) is 11.6. The Bertz CT molecular complexity index is 510. The molecule has 0 unspecified atom stereocenters. The Morgan fingerprint density at radius 3 is 2.60 bits per heavy atom. The largest absolute Gasteiger partial charge is 0.504 e. The Labute approximate surface area is 117 Å². The van der Waals surface area contributed by atoms with Gasteiger partial charge in [-0.2, -0.15) is 0 Å². The van der Waals surface area contributed by atoms with Gasteiger partial charge in [0.05, 0.1) is 13.2 Å². The highest BCUT2D eigenvalue weighted by Crippen LogP contribution is 2.37. The first-order valence-corrected chi connectivity index (χ1v) is 6.00. The molecule has 0 aromatic heterocycles. The van der Waals surface area contributed by atoms with E-state index in [2.05, 4.69) is 0 Å². The third-order valence-corrected chi connectivity index (χ3v) is 3.00. The monoisotopic (exact) mass is 281 g/mol. The molecule has 110 valence electrons. The smallest absolute Gasteiger partial charge is 0.267 e. The molecule has 1 rings (SSSR count). The molecular formula is C14H19NO5. The zero-order chi connectivity index (χ0) is 15.3. The predicted octanol–water partition coefficient (Wildman–Crippen LogP) is 1.52. The van der Waals surface area contributed by atoms with E-state index < -0.39 is 17.4 Å². The molecule has 0 aliphatic heterocycles. The third-order valence-electron chi connectivity index (χ3n) is 3.00. The standard InChI is InChI=1S/C14H19NO5/c1-14(2,7-6-12(17)15-19)13(18)9-4-5-11(20-3)10(16)8-9/h4-8,13,16,18-19H,1-3H3,(H,15,17)/b7-6+/t13-/m1/s1. The molecule has 1 aromatic carbocycles. The van der Waals surface area contributed by atoms with Gasteiger partial charge in [-0.05, 0) is 17.7 Å². The molecule has 0 heterocycles. The summed E-state index contributed by atoms with van der Waals surface area (Å²) in [6, 6.07) is 4.59. The minimum atomic E-state index is -0.943. The Hall–Kier alpha value is -2.05. The van der Waals surface area contributed by atoms with Crippen molar-refractivity contribution >= 4 is 5.91 Å². The van der Waals surface area contributed by atoms with Gasteiger partial charge in [0, 0.05) is 11.5 Å². The van der Waals surface area contributed by atoms with Crippen LogP contribution < -0.4 is 10.2 Å². The number of aliphatic hydroxyl groups is 1. The molecule has 0 fully saturated rings. The molecule has 6 nitrogen and oxygen atoms in total. The van der Waals surface area contributed by atoms with Crippen molar-refractivity contribution in [3.63, 3.8) is 0 Å². The van der Waals surface area contributed by atoms with Gasteiger partial charge < -0.3 is 14.9 Å². The van der Waals surface area contributed by atoms with Crippen LogP contribution in [0.5, 0.6) is 11.5 Å². The number of carbonyl (C=O) groups is 1. The number of ether oxygens (including phenoxy) is 1. The highest BCUT2D eigenvalue weighted by Gasteiger charge is 2.27. The minimum absolute atomic E-state index is 0.0723. The summed E-state index contributed by atoms with van der Waals surface area (Å²) >= 11 is 0. The number of methoxy groups -OCH3 is 1. The first kappa shape index (κ1) is 16.0. The Morgan fingerprint density at radius 2 is 2.10 bits per heavy atom. The van der Waals surface area contributed by atoms with E-state index in [4.69, 9.17) is 9.94 Å². The van der Waals surface area contributed by atoms with E-state index in [-0.39, 0.29) is 5.75 Å². The molecule has 6 heteroatoms. The van der Waals surface area contributed by atoms with Crippen molar-refractivity contribution in [2.75, 3.05) is 7.11 Å². The molecule has 0 aliphatic rings. The van der Waals surface area contributed by atoms with Crippen molar-refractivity contribution in [1.29, 1.82) is 0 Å². The molecule has 1 atom stereocenters. The highest BCUT2D eigenvalue weighted by atomic mass is 16.5. The van der Waals surface area contributed by atoms with Gasteiger partial charge in [-0.25, -0.2) is 5.48 Å². The predicted molar refractivity (Wildman–Crippen MR) is 72.5 cm³/mol.